The molecule has 2 aromatic rings. The highest BCUT2D eigenvalue weighted by atomic mass is 32.2. The van der Waals surface area contributed by atoms with E-state index in [0.29, 0.717) is 24.8 Å². The number of hydrogen-bond acceptors (Lipinski definition) is 4. The van der Waals surface area contributed by atoms with Crippen LogP contribution in [0.4, 0.5) is 28.0 Å². The molecule has 30 heavy (non-hydrogen) atoms. The molecule has 0 unspecified atom stereocenters. The van der Waals surface area contributed by atoms with Crippen molar-refractivity contribution in [2.24, 2.45) is 9.50 Å². The number of aryl methyl sites for hydroxylation is 1. The van der Waals surface area contributed by atoms with Crippen molar-refractivity contribution in [3.8, 4) is 0 Å². The first-order chi connectivity index (χ1) is 13.8. The Labute approximate surface area is 170 Å². The average molecular weight is 448 g/mol. The molecule has 164 valence electrons. The van der Waals surface area contributed by atoms with Crippen molar-refractivity contribution in [3.05, 3.63) is 34.5 Å². The van der Waals surface area contributed by atoms with E-state index in [-0.39, 0.29) is 23.0 Å². The van der Waals surface area contributed by atoms with E-state index >= 15 is 0 Å². The van der Waals surface area contributed by atoms with Crippen molar-refractivity contribution in [1.29, 1.82) is 0 Å². The summed E-state index contributed by atoms with van der Waals surface area (Å²) >= 11 is 0. The minimum absolute atomic E-state index is 0.0954. The standard InChI is InChI=1S/C17H20F4N6O2S/c1-8(2)27-7-11(18)15(25-27)30(22,29)26-16(28)24-13-9(3)14(17(19,20)21)23-12-6-4-5-10(12)13/h7-8H,4-6H2,1-3H3,(H3,22,23,24,26,28,29)/t30-/m0/s1. The predicted molar refractivity (Wildman–Crippen MR) is 101 cm³/mol. The second-order valence-electron chi connectivity index (χ2n) is 7.18. The summed E-state index contributed by atoms with van der Waals surface area (Å²) in [6.07, 6.45) is -2.41. The highest BCUT2D eigenvalue weighted by Gasteiger charge is 2.38. The fourth-order valence-electron chi connectivity index (χ4n) is 3.24. The molecule has 1 aliphatic rings. The Balaban J connectivity index is 2.01. The fraction of sp³-hybridized carbons (Fsp3) is 0.471. The number of hydrogen-bond donors (Lipinski definition) is 2. The van der Waals surface area contributed by atoms with Gasteiger partial charge in [-0.15, -0.1) is 4.36 Å². The molecule has 0 aliphatic heterocycles. The van der Waals surface area contributed by atoms with Crippen LogP contribution in [0.5, 0.6) is 0 Å². The first-order valence-electron chi connectivity index (χ1n) is 9.01. The van der Waals surface area contributed by atoms with E-state index in [1.54, 1.807) is 13.8 Å². The molecule has 3 rings (SSSR count). The molecule has 13 heteroatoms. The molecule has 0 aromatic carbocycles. The predicted octanol–water partition coefficient (Wildman–Crippen LogP) is 3.75. The number of carbonyl (C=O) groups is 1. The van der Waals surface area contributed by atoms with Gasteiger partial charge in [-0.2, -0.15) is 18.3 Å². The van der Waals surface area contributed by atoms with Crippen LogP contribution in [0.15, 0.2) is 15.6 Å². The Morgan fingerprint density at radius 3 is 2.60 bits per heavy atom. The maximum Gasteiger partial charge on any atom is 0.433 e. The molecule has 0 bridgehead atoms. The van der Waals surface area contributed by atoms with Gasteiger partial charge in [0.2, 0.25) is 5.03 Å². The smallest absolute Gasteiger partial charge is 0.305 e. The fourth-order valence-corrected chi connectivity index (χ4v) is 4.16. The summed E-state index contributed by atoms with van der Waals surface area (Å²) in [6, 6.07) is -1.53. The number of aromatic nitrogens is 3. The van der Waals surface area contributed by atoms with Crippen LogP contribution in [0.25, 0.3) is 0 Å². The number of amides is 2. The van der Waals surface area contributed by atoms with E-state index in [4.69, 9.17) is 5.14 Å². The minimum atomic E-state index is -4.72. The Morgan fingerprint density at radius 1 is 1.37 bits per heavy atom. The summed E-state index contributed by atoms with van der Waals surface area (Å²) in [5.41, 5.74) is -0.803. The zero-order valence-corrected chi connectivity index (χ0v) is 17.2. The van der Waals surface area contributed by atoms with E-state index in [9.17, 15) is 26.6 Å². The number of urea groups is 1. The van der Waals surface area contributed by atoms with Crippen LogP contribution in [-0.4, -0.2) is 25.0 Å². The van der Waals surface area contributed by atoms with Crippen molar-refractivity contribution < 1.29 is 26.6 Å². The van der Waals surface area contributed by atoms with E-state index in [1.807, 2.05) is 0 Å². The van der Waals surface area contributed by atoms with E-state index < -0.39 is 38.7 Å². The van der Waals surface area contributed by atoms with Gasteiger partial charge in [0.05, 0.1) is 11.9 Å². The summed E-state index contributed by atoms with van der Waals surface area (Å²) in [6.45, 7) is 4.57. The first-order valence-corrected chi connectivity index (χ1v) is 10.6. The van der Waals surface area contributed by atoms with Gasteiger partial charge in [0.25, 0.3) is 0 Å². The van der Waals surface area contributed by atoms with Crippen LogP contribution in [0, 0.1) is 12.7 Å². The summed E-state index contributed by atoms with van der Waals surface area (Å²) in [5, 5.41) is 10.8. The molecule has 3 N–H and O–H groups in total. The first kappa shape index (κ1) is 22.2. The topological polar surface area (TPSA) is 115 Å². The zero-order valence-electron chi connectivity index (χ0n) is 16.4. The third-order valence-corrected chi connectivity index (χ3v) is 5.92. The molecule has 0 radical (unpaired) electrons. The van der Waals surface area contributed by atoms with E-state index in [0.717, 1.165) is 6.20 Å². The quantitative estimate of drug-likeness (QED) is 0.696. The summed E-state index contributed by atoms with van der Waals surface area (Å²) in [4.78, 5) is 16.1. The minimum Gasteiger partial charge on any atom is -0.305 e. The van der Waals surface area contributed by atoms with Crippen molar-refractivity contribution in [2.75, 3.05) is 5.32 Å². The number of fused-ring (bicyclic) bond motifs is 1. The maximum absolute atomic E-state index is 14.1. The van der Waals surface area contributed by atoms with Crippen molar-refractivity contribution in [2.45, 2.75) is 57.3 Å². The van der Waals surface area contributed by atoms with Gasteiger partial charge in [0.1, 0.15) is 5.69 Å². The monoisotopic (exact) mass is 448 g/mol. The lowest BCUT2D eigenvalue weighted by molar-refractivity contribution is -0.141. The molecule has 0 saturated carbocycles. The zero-order chi connectivity index (χ0) is 22.4. The number of alkyl halides is 3. The van der Waals surface area contributed by atoms with Gasteiger partial charge >= 0.3 is 12.2 Å². The Morgan fingerprint density at radius 2 is 2.03 bits per heavy atom. The van der Waals surface area contributed by atoms with Crippen LogP contribution in [0.2, 0.25) is 0 Å². The number of nitrogens with zero attached hydrogens (tertiary/aromatic N) is 4. The second kappa shape index (κ2) is 7.61. The van der Waals surface area contributed by atoms with Crippen LogP contribution >= 0.6 is 0 Å². The van der Waals surface area contributed by atoms with Gasteiger partial charge in [0, 0.05) is 17.3 Å². The molecule has 2 aromatic heterocycles. The molecule has 0 saturated heterocycles. The molecule has 0 spiro atoms. The van der Waals surface area contributed by atoms with Gasteiger partial charge in [-0.25, -0.2) is 23.5 Å². The normalized spacial score (nSPS) is 15.8. The third kappa shape index (κ3) is 4.17. The molecule has 1 atom stereocenters. The van der Waals surface area contributed by atoms with Gasteiger partial charge in [-0.3, -0.25) is 4.68 Å². The lowest BCUT2D eigenvalue weighted by Gasteiger charge is -2.17. The molecule has 2 heterocycles. The molecule has 0 fully saturated rings. The molecular weight excluding hydrogens is 428 g/mol. The third-order valence-electron chi connectivity index (χ3n) is 4.65. The largest absolute Gasteiger partial charge is 0.433 e. The van der Waals surface area contributed by atoms with Crippen LogP contribution < -0.4 is 10.5 Å². The number of carbonyl (C=O) groups excluding carboxylic acids is 1. The Kier molecular flexibility index (Phi) is 5.62. The number of anilines is 1. The SMILES string of the molecule is Cc1c(C(F)(F)F)nc2c(c1NC(=O)N=[S@](N)(=O)c1nn(C(C)C)cc1F)CCC2. The number of rotatable bonds is 3. The lowest BCUT2D eigenvalue weighted by atomic mass is 10.1. The van der Waals surface area contributed by atoms with Crippen molar-refractivity contribution >= 4 is 21.6 Å². The Bertz CT molecular complexity index is 1130. The molecular formula is C17H20F4N6O2S. The van der Waals surface area contributed by atoms with Gasteiger partial charge in [-0.05, 0) is 45.6 Å². The van der Waals surface area contributed by atoms with Gasteiger partial charge in [0.15, 0.2) is 15.7 Å². The van der Waals surface area contributed by atoms with Gasteiger partial charge in [-0.1, -0.05) is 0 Å². The van der Waals surface area contributed by atoms with E-state index in [2.05, 4.69) is 19.8 Å². The number of nitrogens with two attached hydrogens (primary N) is 1. The summed E-state index contributed by atoms with van der Waals surface area (Å²) in [7, 11) is -4.07. The van der Waals surface area contributed by atoms with Crippen LogP contribution in [0.1, 0.15) is 48.8 Å². The van der Waals surface area contributed by atoms with E-state index in [1.165, 1.54) is 11.6 Å². The van der Waals surface area contributed by atoms with Crippen LogP contribution in [-0.2, 0) is 28.9 Å². The maximum atomic E-state index is 14.1. The summed E-state index contributed by atoms with van der Waals surface area (Å²) < 4.78 is 71.2. The Hall–Kier alpha value is -2.54. The second-order valence-corrected chi connectivity index (χ2v) is 8.89. The molecule has 2 amide bonds. The summed E-state index contributed by atoms with van der Waals surface area (Å²) in [5.74, 6) is -1.01. The molecule has 8 nitrogen and oxygen atoms in total. The number of nitrogens with one attached hydrogen (secondary N) is 1. The highest BCUT2D eigenvalue weighted by molar-refractivity contribution is 7.91. The van der Waals surface area contributed by atoms with Crippen molar-refractivity contribution in [1.82, 2.24) is 14.8 Å². The highest BCUT2D eigenvalue weighted by Crippen LogP contribution is 2.38. The number of halogens is 4. The lowest BCUT2D eigenvalue weighted by Crippen LogP contribution is -2.21. The average Bonchev–Trinajstić information content (AvgIpc) is 3.22. The molecule has 1 aliphatic carbocycles. The number of pyridine rings is 1. The van der Waals surface area contributed by atoms with Gasteiger partial charge < -0.3 is 5.32 Å². The van der Waals surface area contributed by atoms with Crippen molar-refractivity contribution in [3.63, 3.8) is 0 Å². The van der Waals surface area contributed by atoms with Crippen LogP contribution in [0.3, 0.4) is 0 Å².